The van der Waals surface area contributed by atoms with Crippen LogP contribution in [0.4, 0.5) is 0 Å². The second-order valence-electron chi connectivity index (χ2n) is 4.79. The summed E-state index contributed by atoms with van der Waals surface area (Å²) in [6.07, 6.45) is 3.64. The van der Waals surface area contributed by atoms with E-state index >= 15 is 0 Å². The molecule has 0 aliphatic carbocycles. The van der Waals surface area contributed by atoms with Gasteiger partial charge in [0.05, 0.1) is 0 Å². The Morgan fingerprint density at radius 3 is 2.86 bits per heavy atom. The number of halogens is 1. The Hall–Kier alpha value is -0.816. The molecule has 113 valence electrons. The SMILES string of the molecule is CC#CCOc1ccc(C2=[C-]CC(Cl)C(=O)N2C)c(C)c1.[Y]. The Kier molecular flexibility index (Phi) is 7.62. The van der Waals surface area contributed by atoms with Crippen molar-refractivity contribution in [2.75, 3.05) is 13.7 Å². The quantitative estimate of drug-likeness (QED) is 0.450. The normalized spacial score (nSPS) is 17.1. The van der Waals surface area contributed by atoms with Gasteiger partial charge in [-0.25, -0.2) is 6.08 Å². The minimum absolute atomic E-state index is 0. The minimum Gasteiger partial charge on any atom is -0.481 e. The van der Waals surface area contributed by atoms with E-state index in [4.69, 9.17) is 16.3 Å². The van der Waals surface area contributed by atoms with Crippen LogP contribution in [0.25, 0.3) is 5.70 Å². The zero-order chi connectivity index (χ0) is 15.4. The molecule has 0 saturated carbocycles. The fraction of sp³-hybridized carbons (Fsp3) is 0.353. The van der Waals surface area contributed by atoms with Gasteiger partial charge in [0, 0.05) is 39.8 Å². The maximum Gasteiger partial charge on any atom is 0.240 e. The summed E-state index contributed by atoms with van der Waals surface area (Å²) < 4.78 is 5.53. The summed E-state index contributed by atoms with van der Waals surface area (Å²) in [5.74, 6) is 6.31. The molecule has 0 bridgehead atoms. The number of alkyl halides is 1. The Morgan fingerprint density at radius 2 is 2.23 bits per heavy atom. The maximum absolute atomic E-state index is 12.0. The summed E-state index contributed by atoms with van der Waals surface area (Å²) in [5.41, 5.74) is 2.75. The standard InChI is InChI=1S/C17H17ClNO2.Y/c1-4-5-10-21-13-6-7-14(12(2)11-13)16-9-8-15(18)17(20)19(16)3;/h6-7,11,15H,8,10H2,1-3H3;/q-1;. The molecule has 1 heterocycles. The van der Waals surface area contributed by atoms with Crippen molar-refractivity contribution in [3.63, 3.8) is 0 Å². The number of carbonyl (C=O) groups is 1. The second-order valence-corrected chi connectivity index (χ2v) is 5.31. The molecule has 2 rings (SSSR count). The Bertz CT molecular complexity index is 646. The smallest absolute Gasteiger partial charge is 0.240 e. The van der Waals surface area contributed by atoms with Crippen molar-refractivity contribution in [3.8, 4) is 17.6 Å². The first-order chi connectivity index (χ1) is 10.0. The van der Waals surface area contributed by atoms with E-state index in [0.717, 1.165) is 22.6 Å². The van der Waals surface area contributed by atoms with Crippen LogP contribution in [0.5, 0.6) is 5.75 Å². The minimum atomic E-state index is -0.519. The molecule has 1 unspecified atom stereocenters. The van der Waals surface area contributed by atoms with Crippen molar-refractivity contribution in [1.29, 1.82) is 0 Å². The van der Waals surface area contributed by atoms with E-state index in [0.29, 0.717) is 13.0 Å². The van der Waals surface area contributed by atoms with E-state index in [1.807, 2.05) is 25.1 Å². The van der Waals surface area contributed by atoms with Crippen LogP contribution in [-0.4, -0.2) is 29.8 Å². The summed E-state index contributed by atoms with van der Waals surface area (Å²) in [6.45, 7) is 4.13. The number of benzene rings is 1. The number of nitrogens with zero attached hydrogens (tertiary/aromatic N) is 1. The zero-order valence-corrected chi connectivity index (χ0v) is 16.5. The van der Waals surface area contributed by atoms with Crippen molar-refractivity contribution in [3.05, 3.63) is 35.4 Å². The van der Waals surface area contributed by atoms with Crippen LogP contribution in [-0.2, 0) is 37.5 Å². The van der Waals surface area contributed by atoms with Gasteiger partial charge in [-0.3, -0.25) is 4.79 Å². The fourth-order valence-electron chi connectivity index (χ4n) is 2.17. The fourth-order valence-corrected chi connectivity index (χ4v) is 2.40. The van der Waals surface area contributed by atoms with E-state index in [9.17, 15) is 4.79 Å². The summed E-state index contributed by atoms with van der Waals surface area (Å²) in [5, 5.41) is -0.519. The van der Waals surface area contributed by atoms with E-state index in [1.54, 1.807) is 18.9 Å². The number of rotatable bonds is 3. The molecule has 0 saturated heterocycles. The summed E-state index contributed by atoms with van der Waals surface area (Å²) in [4.78, 5) is 13.5. The number of aryl methyl sites for hydroxylation is 1. The van der Waals surface area contributed by atoms with Crippen LogP contribution in [0.1, 0.15) is 24.5 Å². The molecule has 0 fully saturated rings. The molecule has 1 aliphatic rings. The summed E-state index contributed by atoms with van der Waals surface area (Å²) in [6, 6.07) is 5.75. The Morgan fingerprint density at radius 1 is 1.50 bits per heavy atom. The van der Waals surface area contributed by atoms with Gasteiger partial charge in [0.25, 0.3) is 0 Å². The molecule has 0 N–H and O–H groups in total. The first-order valence-corrected chi connectivity index (χ1v) is 7.14. The van der Waals surface area contributed by atoms with Crippen LogP contribution < -0.4 is 4.74 Å². The van der Waals surface area contributed by atoms with E-state index in [-0.39, 0.29) is 38.6 Å². The Labute approximate surface area is 161 Å². The average molecular weight is 392 g/mol. The molecule has 1 aromatic rings. The molecular weight excluding hydrogens is 375 g/mol. The molecule has 1 radical (unpaired) electrons. The average Bonchev–Trinajstić information content (AvgIpc) is 2.46. The predicted octanol–water partition coefficient (Wildman–Crippen LogP) is 3.01. The molecular formula is C17H17ClNO2Y-. The van der Waals surface area contributed by atoms with Gasteiger partial charge in [-0.2, -0.15) is 0 Å². The molecule has 1 amide bonds. The molecule has 1 atom stereocenters. The maximum atomic E-state index is 12.0. The van der Waals surface area contributed by atoms with Crippen molar-refractivity contribution in [2.24, 2.45) is 0 Å². The topological polar surface area (TPSA) is 29.5 Å². The molecule has 1 aliphatic heterocycles. The summed E-state index contributed by atoms with van der Waals surface area (Å²) in [7, 11) is 1.72. The predicted molar refractivity (Wildman–Crippen MR) is 83.8 cm³/mol. The number of ether oxygens (including phenoxy) is 1. The Balaban J connectivity index is 0.00000242. The number of carbonyl (C=O) groups excluding carboxylic acids is 1. The summed E-state index contributed by atoms with van der Waals surface area (Å²) >= 11 is 5.95. The van der Waals surface area contributed by atoms with Crippen molar-refractivity contribution in [1.82, 2.24) is 4.90 Å². The molecule has 5 heteroatoms. The number of allylic oxidation sites excluding steroid dienone is 1. The monoisotopic (exact) mass is 391 g/mol. The van der Waals surface area contributed by atoms with Gasteiger partial charge in [0.15, 0.2) is 0 Å². The largest absolute Gasteiger partial charge is 0.481 e. The van der Waals surface area contributed by atoms with Gasteiger partial charge in [-0.05, 0) is 19.1 Å². The van der Waals surface area contributed by atoms with Crippen LogP contribution >= 0.6 is 11.6 Å². The van der Waals surface area contributed by atoms with Crippen LogP contribution in [0.3, 0.4) is 0 Å². The van der Waals surface area contributed by atoms with Gasteiger partial charge in [0.1, 0.15) is 17.7 Å². The van der Waals surface area contributed by atoms with Crippen LogP contribution in [0.15, 0.2) is 18.2 Å². The van der Waals surface area contributed by atoms with Crippen molar-refractivity contribution < 1.29 is 42.2 Å². The van der Waals surface area contributed by atoms with E-state index in [2.05, 4.69) is 17.9 Å². The first kappa shape index (κ1) is 19.2. The van der Waals surface area contributed by atoms with Crippen LogP contribution in [0.2, 0.25) is 0 Å². The molecule has 0 spiro atoms. The van der Waals surface area contributed by atoms with Gasteiger partial charge in [0.2, 0.25) is 5.91 Å². The first-order valence-electron chi connectivity index (χ1n) is 6.70. The third-order valence-corrected chi connectivity index (χ3v) is 3.66. The van der Waals surface area contributed by atoms with Crippen LogP contribution in [0, 0.1) is 24.8 Å². The molecule has 0 aromatic heterocycles. The van der Waals surface area contributed by atoms with Gasteiger partial charge >= 0.3 is 0 Å². The van der Waals surface area contributed by atoms with E-state index in [1.165, 1.54) is 0 Å². The number of hydrogen-bond donors (Lipinski definition) is 0. The van der Waals surface area contributed by atoms with Gasteiger partial charge in [-0.15, -0.1) is 40.4 Å². The molecule has 1 aromatic carbocycles. The van der Waals surface area contributed by atoms with Crippen molar-refractivity contribution >= 4 is 23.2 Å². The molecule has 22 heavy (non-hydrogen) atoms. The number of amides is 1. The van der Waals surface area contributed by atoms with Crippen molar-refractivity contribution in [2.45, 2.75) is 25.6 Å². The van der Waals surface area contributed by atoms with Gasteiger partial charge in [-0.1, -0.05) is 19.3 Å². The van der Waals surface area contributed by atoms with E-state index < -0.39 is 5.38 Å². The third kappa shape index (κ3) is 4.35. The zero-order valence-electron chi connectivity index (χ0n) is 12.9. The van der Waals surface area contributed by atoms with Gasteiger partial charge < -0.3 is 9.64 Å². The molecule has 3 nitrogen and oxygen atoms in total. The second kappa shape index (κ2) is 8.72. The number of hydrogen-bond acceptors (Lipinski definition) is 2. The third-order valence-electron chi connectivity index (χ3n) is 3.32.